The Morgan fingerprint density at radius 2 is 2.10 bits per heavy atom. The van der Waals surface area contributed by atoms with Gasteiger partial charge in [0.25, 0.3) is 5.69 Å². The van der Waals surface area contributed by atoms with Crippen LogP contribution >= 0.6 is 11.6 Å². The Morgan fingerprint density at radius 1 is 1.45 bits per heavy atom. The molecule has 0 fully saturated rings. The van der Waals surface area contributed by atoms with Crippen LogP contribution in [-0.2, 0) is 0 Å². The van der Waals surface area contributed by atoms with Crippen molar-refractivity contribution < 1.29 is 14.8 Å². The van der Waals surface area contributed by atoms with Crippen LogP contribution in [0.1, 0.15) is 21.7 Å². The largest absolute Gasteiger partial charge is 0.478 e. The maximum absolute atomic E-state index is 11.3. The van der Waals surface area contributed by atoms with E-state index in [-0.39, 0.29) is 22.0 Å². The number of carboxylic acid groups (broad SMARTS) is 1. The van der Waals surface area contributed by atoms with E-state index in [1.807, 2.05) is 0 Å². The fourth-order valence-corrected chi connectivity index (χ4v) is 2.13. The summed E-state index contributed by atoms with van der Waals surface area (Å²) in [5.41, 5.74) is 0.984. The van der Waals surface area contributed by atoms with Gasteiger partial charge < -0.3 is 9.67 Å². The Morgan fingerprint density at radius 3 is 2.55 bits per heavy atom. The molecule has 0 bridgehead atoms. The first-order valence-corrected chi connectivity index (χ1v) is 5.93. The standard InChI is InChI=1S/C12H10ClN3O4/c1-6-7(2)15(5-14-6)11-9(12(17)18)3-8(16(19)20)4-10(11)13/h3-5H,1-2H3,(H,17,18). The van der Waals surface area contributed by atoms with Gasteiger partial charge in [-0.2, -0.15) is 0 Å². The fraction of sp³-hybridized carbons (Fsp3) is 0.167. The molecule has 7 nitrogen and oxygen atoms in total. The second-order valence-electron chi connectivity index (χ2n) is 4.17. The van der Waals surface area contributed by atoms with Gasteiger partial charge in [-0.05, 0) is 13.8 Å². The first-order chi connectivity index (χ1) is 9.32. The number of carboxylic acids is 1. The van der Waals surface area contributed by atoms with Gasteiger partial charge >= 0.3 is 5.97 Å². The highest BCUT2D eigenvalue weighted by Gasteiger charge is 2.22. The highest BCUT2D eigenvalue weighted by molar-refractivity contribution is 6.33. The number of aromatic nitrogens is 2. The van der Waals surface area contributed by atoms with Crippen molar-refractivity contribution in [1.29, 1.82) is 0 Å². The molecule has 1 aromatic heterocycles. The van der Waals surface area contributed by atoms with Crippen LogP contribution < -0.4 is 0 Å². The summed E-state index contributed by atoms with van der Waals surface area (Å²) in [7, 11) is 0. The summed E-state index contributed by atoms with van der Waals surface area (Å²) >= 11 is 6.02. The molecular weight excluding hydrogens is 286 g/mol. The van der Waals surface area contributed by atoms with Gasteiger partial charge in [0.15, 0.2) is 0 Å². The predicted molar refractivity (Wildman–Crippen MR) is 71.7 cm³/mol. The fourth-order valence-electron chi connectivity index (χ4n) is 1.82. The zero-order chi connectivity index (χ0) is 15.0. The van der Waals surface area contributed by atoms with E-state index in [4.69, 9.17) is 11.6 Å². The molecule has 1 heterocycles. The summed E-state index contributed by atoms with van der Waals surface area (Å²) in [5.74, 6) is -1.30. The lowest BCUT2D eigenvalue weighted by molar-refractivity contribution is -0.384. The SMILES string of the molecule is Cc1ncn(-c2c(Cl)cc([N+](=O)[O-])cc2C(=O)O)c1C. The molecule has 1 aromatic carbocycles. The number of nitro groups is 1. The van der Waals surface area contributed by atoms with Crippen LogP contribution in [0.4, 0.5) is 5.69 Å². The smallest absolute Gasteiger partial charge is 0.338 e. The van der Waals surface area contributed by atoms with E-state index in [2.05, 4.69) is 4.98 Å². The molecule has 0 aliphatic rings. The van der Waals surface area contributed by atoms with Crippen molar-refractivity contribution in [2.24, 2.45) is 0 Å². The van der Waals surface area contributed by atoms with Crippen molar-refractivity contribution in [3.63, 3.8) is 0 Å². The molecule has 1 N–H and O–H groups in total. The van der Waals surface area contributed by atoms with Crippen molar-refractivity contribution in [1.82, 2.24) is 9.55 Å². The van der Waals surface area contributed by atoms with Crippen molar-refractivity contribution in [3.05, 3.63) is 50.5 Å². The quantitative estimate of drug-likeness (QED) is 0.693. The molecule has 0 spiro atoms. The molecule has 2 rings (SSSR count). The average molecular weight is 296 g/mol. The van der Waals surface area contributed by atoms with E-state index < -0.39 is 10.9 Å². The maximum atomic E-state index is 11.3. The maximum Gasteiger partial charge on any atom is 0.338 e. The first-order valence-electron chi connectivity index (χ1n) is 5.55. The molecule has 104 valence electrons. The van der Waals surface area contributed by atoms with Gasteiger partial charge in [0.2, 0.25) is 0 Å². The van der Waals surface area contributed by atoms with Crippen LogP contribution in [-0.4, -0.2) is 25.6 Å². The summed E-state index contributed by atoms with van der Waals surface area (Å²) in [4.78, 5) is 25.5. The molecule has 0 unspecified atom stereocenters. The van der Waals surface area contributed by atoms with Gasteiger partial charge in [-0.15, -0.1) is 0 Å². The number of aryl methyl sites for hydroxylation is 1. The topological polar surface area (TPSA) is 98.3 Å². The normalized spacial score (nSPS) is 10.6. The molecule has 0 radical (unpaired) electrons. The van der Waals surface area contributed by atoms with Crippen molar-refractivity contribution in [3.8, 4) is 5.69 Å². The van der Waals surface area contributed by atoms with Gasteiger partial charge in [-0.25, -0.2) is 9.78 Å². The molecule has 8 heteroatoms. The molecule has 0 aliphatic heterocycles. The van der Waals surface area contributed by atoms with Crippen molar-refractivity contribution in [2.75, 3.05) is 0 Å². The number of nitro benzene ring substituents is 1. The number of hydrogen-bond acceptors (Lipinski definition) is 4. The summed E-state index contributed by atoms with van der Waals surface area (Å²) < 4.78 is 1.50. The van der Waals surface area contributed by atoms with Crippen LogP contribution in [0, 0.1) is 24.0 Å². The van der Waals surface area contributed by atoms with Gasteiger partial charge in [-0.1, -0.05) is 11.6 Å². The number of imidazole rings is 1. The minimum Gasteiger partial charge on any atom is -0.478 e. The number of carbonyl (C=O) groups is 1. The Hall–Kier alpha value is -2.41. The van der Waals surface area contributed by atoms with Gasteiger partial charge in [0, 0.05) is 17.8 Å². The molecule has 20 heavy (non-hydrogen) atoms. The molecule has 0 amide bonds. The molecule has 0 saturated heterocycles. The lowest BCUT2D eigenvalue weighted by Gasteiger charge is -2.11. The lowest BCUT2D eigenvalue weighted by Crippen LogP contribution is -2.08. The highest BCUT2D eigenvalue weighted by Crippen LogP contribution is 2.31. The summed E-state index contributed by atoms with van der Waals surface area (Å²) in [6, 6.07) is 2.11. The second-order valence-corrected chi connectivity index (χ2v) is 4.58. The molecule has 0 saturated carbocycles. The van der Waals surface area contributed by atoms with Crippen LogP contribution in [0.25, 0.3) is 5.69 Å². The van der Waals surface area contributed by atoms with Crippen LogP contribution in [0.3, 0.4) is 0 Å². The van der Waals surface area contributed by atoms with E-state index in [1.165, 1.54) is 10.9 Å². The Kier molecular flexibility index (Phi) is 3.46. The third-order valence-corrected chi connectivity index (χ3v) is 3.27. The first kappa shape index (κ1) is 14.0. The van der Waals surface area contributed by atoms with Gasteiger partial charge in [0.05, 0.1) is 33.2 Å². The second kappa shape index (κ2) is 4.93. The number of halogens is 1. The van der Waals surface area contributed by atoms with E-state index in [1.54, 1.807) is 13.8 Å². The third-order valence-electron chi connectivity index (χ3n) is 2.98. The predicted octanol–water partition coefficient (Wildman–Crippen LogP) is 2.75. The number of benzene rings is 1. The zero-order valence-corrected chi connectivity index (χ0v) is 11.4. The monoisotopic (exact) mass is 295 g/mol. The van der Waals surface area contributed by atoms with Crippen LogP contribution in [0.2, 0.25) is 5.02 Å². The number of rotatable bonds is 3. The number of non-ortho nitro benzene ring substituents is 1. The van der Waals surface area contributed by atoms with E-state index in [0.29, 0.717) is 5.69 Å². The van der Waals surface area contributed by atoms with Crippen LogP contribution in [0.15, 0.2) is 18.5 Å². The average Bonchev–Trinajstić information content (AvgIpc) is 2.69. The molecule has 0 aliphatic carbocycles. The Balaban J connectivity index is 2.79. The van der Waals surface area contributed by atoms with E-state index >= 15 is 0 Å². The van der Waals surface area contributed by atoms with E-state index in [0.717, 1.165) is 17.8 Å². The minimum atomic E-state index is -1.30. The number of aromatic carboxylic acids is 1. The zero-order valence-electron chi connectivity index (χ0n) is 10.6. The summed E-state index contributed by atoms with van der Waals surface area (Å²) in [6.45, 7) is 3.53. The van der Waals surface area contributed by atoms with E-state index in [9.17, 15) is 20.0 Å². The van der Waals surface area contributed by atoms with Crippen molar-refractivity contribution >= 4 is 23.3 Å². The number of hydrogen-bond donors (Lipinski definition) is 1. The lowest BCUT2D eigenvalue weighted by atomic mass is 10.1. The Labute approximate surface area is 118 Å². The Bertz CT molecular complexity index is 724. The summed E-state index contributed by atoms with van der Waals surface area (Å²) in [6.07, 6.45) is 1.43. The van der Waals surface area contributed by atoms with Gasteiger partial charge in [-0.3, -0.25) is 10.1 Å². The molecule has 2 aromatic rings. The minimum absolute atomic E-state index is 0.0166. The van der Waals surface area contributed by atoms with Crippen LogP contribution in [0.5, 0.6) is 0 Å². The van der Waals surface area contributed by atoms with Gasteiger partial charge in [0.1, 0.15) is 0 Å². The van der Waals surface area contributed by atoms with Crippen molar-refractivity contribution in [2.45, 2.75) is 13.8 Å². The third kappa shape index (κ3) is 2.23. The molecular formula is C12H10ClN3O4. The highest BCUT2D eigenvalue weighted by atomic mass is 35.5. The molecule has 0 atom stereocenters. The number of nitrogens with zero attached hydrogens (tertiary/aromatic N) is 3. The summed E-state index contributed by atoms with van der Waals surface area (Å²) in [5, 5.41) is 20.0.